The molecule has 2 amide bonds. The Bertz CT molecular complexity index is 749. The van der Waals surface area contributed by atoms with Crippen LogP contribution in [0.15, 0.2) is 30.3 Å². The molecule has 2 N–H and O–H groups in total. The van der Waals surface area contributed by atoms with Crippen LogP contribution in [-0.2, 0) is 30.5 Å². The van der Waals surface area contributed by atoms with Crippen molar-refractivity contribution in [1.29, 1.82) is 0 Å². The number of carbonyl (C=O) groups is 4. The molecule has 1 aromatic carbocycles. The molecule has 8 nitrogen and oxygen atoms in total. The smallest absolute Gasteiger partial charge is 0.408 e. The molecule has 3 atom stereocenters. The number of Topliss-reactive ketones (excluding diaryl/α,β-unsaturated/α-hetero) is 1. The predicted octanol–water partition coefficient (Wildman–Crippen LogP) is 2.35. The lowest BCUT2D eigenvalue weighted by Crippen LogP contribution is -2.56. The number of nitrogens with one attached hydrogen (secondary N) is 2. The highest BCUT2D eigenvalue weighted by Crippen LogP contribution is 2.25. The summed E-state index contributed by atoms with van der Waals surface area (Å²) < 4.78 is 10.0. The van der Waals surface area contributed by atoms with Crippen LogP contribution < -0.4 is 10.6 Å². The lowest BCUT2D eigenvalue weighted by molar-refractivity contribution is -0.147. The number of amides is 2. The van der Waals surface area contributed by atoms with Crippen LogP contribution in [0.2, 0.25) is 0 Å². The van der Waals surface area contributed by atoms with Gasteiger partial charge in [-0.15, -0.1) is 0 Å². The van der Waals surface area contributed by atoms with E-state index in [2.05, 4.69) is 10.6 Å². The molecule has 0 bridgehead atoms. The Hall–Kier alpha value is -2.90. The van der Waals surface area contributed by atoms with E-state index >= 15 is 0 Å². The second-order valence-corrected chi connectivity index (χ2v) is 7.83. The van der Waals surface area contributed by atoms with Crippen LogP contribution in [0.1, 0.15) is 45.1 Å². The fourth-order valence-electron chi connectivity index (χ4n) is 3.51. The molecule has 0 saturated heterocycles. The van der Waals surface area contributed by atoms with Crippen LogP contribution in [-0.4, -0.2) is 42.9 Å². The van der Waals surface area contributed by atoms with Crippen LogP contribution in [0.25, 0.3) is 0 Å². The Kier molecular flexibility index (Phi) is 8.83. The molecule has 1 aliphatic carbocycles. The van der Waals surface area contributed by atoms with E-state index in [1.807, 2.05) is 30.3 Å². The Morgan fingerprint density at radius 2 is 1.83 bits per heavy atom. The zero-order valence-corrected chi connectivity index (χ0v) is 17.7. The second-order valence-electron chi connectivity index (χ2n) is 7.83. The summed E-state index contributed by atoms with van der Waals surface area (Å²) in [7, 11) is 1.24. The Morgan fingerprint density at radius 3 is 2.43 bits per heavy atom. The molecule has 0 heterocycles. The van der Waals surface area contributed by atoms with Crippen molar-refractivity contribution in [3.8, 4) is 0 Å². The molecule has 8 heteroatoms. The molecule has 1 aliphatic rings. The number of alkyl carbamates (subject to hydrolysis) is 1. The quantitative estimate of drug-likeness (QED) is 0.627. The predicted molar refractivity (Wildman–Crippen MR) is 109 cm³/mol. The number of methoxy groups -OCH3 is 1. The molecular weight excluding hydrogens is 388 g/mol. The zero-order valence-electron chi connectivity index (χ0n) is 17.7. The van der Waals surface area contributed by atoms with Gasteiger partial charge in [0, 0.05) is 12.8 Å². The summed E-state index contributed by atoms with van der Waals surface area (Å²) >= 11 is 0. The topological polar surface area (TPSA) is 111 Å². The molecule has 0 aliphatic heterocycles. The van der Waals surface area contributed by atoms with Crippen LogP contribution in [0.4, 0.5) is 4.79 Å². The molecule has 30 heavy (non-hydrogen) atoms. The van der Waals surface area contributed by atoms with E-state index in [0.717, 1.165) is 5.56 Å². The number of ether oxygens (including phenoxy) is 2. The zero-order chi connectivity index (χ0) is 22.1. The normalized spacial score (nSPS) is 18.3. The van der Waals surface area contributed by atoms with Gasteiger partial charge < -0.3 is 20.1 Å². The van der Waals surface area contributed by atoms with Crippen LogP contribution in [0, 0.1) is 11.8 Å². The van der Waals surface area contributed by atoms with Crippen molar-refractivity contribution >= 4 is 23.8 Å². The third kappa shape index (κ3) is 6.86. The lowest BCUT2D eigenvalue weighted by atomic mass is 9.83. The van der Waals surface area contributed by atoms with Crippen molar-refractivity contribution < 1.29 is 28.7 Å². The summed E-state index contributed by atoms with van der Waals surface area (Å²) in [6.07, 6.45) is 1.30. The Balaban J connectivity index is 2.00. The second kappa shape index (κ2) is 11.3. The number of hydrogen-bond acceptors (Lipinski definition) is 6. The van der Waals surface area contributed by atoms with E-state index in [9.17, 15) is 19.2 Å². The first-order valence-electron chi connectivity index (χ1n) is 10.2. The largest absolute Gasteiger partial charge is 0.467 e. The van der Waals surface area contributed by atoms with Crippen molar-refractivity contribution in [3.63, 3.8) is 0 Å². The van der Waals surface area contributed by atoms with Gasteiger partial charge in [0.1, 0.15) is 24.5 Å². The first kappa shape index (κ1) is 23.4. The molecule has 2 rings (SSSR count). The summed E-state index contributed by atoms with van der Waals surface area (Å²) in [4.78, 5) is 49.2. The SMILES string of the molecule is COC(=O)[C@H](NC(=O)[C@@H](NC(=O)OCc1ccccc1)C(C)C)[C@@H]1CCCC(=O)C1. The maximum Gasteiger partial charge on any atom is 0.408 e. The third-order valence-corrected chi connectivity index (χ3v) is 5.18. The van der Waals surface area contributed by atoms with Gasteiger partial charge in [-0.05, 0) is 30.2 Å². The first-order chi connectivity index (χ1) is 14.3. The molecule has 0 radical (unpaired) electrons. The Labute approximate surface area is 176 Å². The monoisotopic (exact) mass is 418 g/mol. The number of ketones is 1. The average molecular weight is 418 g/mol. The molecule has 1 saturated carbocycles. The van der Waals surface area contributed by atoms with Gasteiger partial charge in [0.25, 0.3) is 0 Å². The highest BCUT2D eigenvalue weighted by Gasteiger charge is 2.36. The van der Waals surface area contributed by atoms with Gasteiger partial charge in [0.2, 0.25) is 5.91 Å². The van der Waals surface area contributed by atoms with Gasteiger partial charge in [-0.3, -0.25) is 9.59 Å². The van der Waals surface area contributed by atoms with Gasteiger partial charge in [0.15, 0.2) is 0 Å². The first-order valence-corrected chi connectivity index (χ1v) is 10.2. The summed E-state index contributed by atoms with van der Waals surface area (Å²) in [6.45, 7) is 3.63. The van der Waals surface area contributed by atoms with Crippen LogP contribution in [0.5, 0.6) is 0 Å². The fourth-order valence-corrected chi connectivity index (χ4v) is 3.51. The maximum atomic E-state index is 12.9. The summed E-state index contributed by atoms with van der Waals surface area (Å²) in [5.74, 6) is -1.62. The van der Waals surface area contributed by atoms with Crippen LogP contribution in [0.3, 0.4) is 0 Å². The van der Waals surface area contributed by atoms with E-state index in [0.29, 0.717) is 19.3 Å². The molecule has 164 valence electrons. The fraction of sp³-hybridized carbons (Fsp3) is 0.545. The van der Waals surface area contributed by atoms with Gasteiger partial charge in [-0.25, -0.2) is 9.59 Å². The van der Waals surface area contributed by atoms with Gasteiger partial charge in [0.05, 0.1) is 7.11 Å². The van der Waals surface area contributed by atoms with Crippen molar-refractivity contribution in [2.45, 2.75) is 58.2 Å². The van der Waals surface area contributed by atoms with Crippen LogP contribution >= 0.6 is 0 Å². The van der Waals surface area contributed by atoms with E-state index in [4.69, 9.17) is 9.47 Å². The summed E-state index contributed by atoms with van der Waals surface area (Å²) in [6, 6.07) is 7.35. The minimum absolute atomic E-state index is 0.0671. The molecule has 0 unspecified atom stereocenters. The van der Waals surface area contributed by atoms with Crippen molar-refractivity contribution in [1.82, 2.24) is 10.6 Å². The highest BCUT2D eigenvalue weighted by atomic mass is 16.5. The highest BCUT2D eigenvalue weighted by molar-refractivity contribution is 5.90. The van der Waals surface area contributed by atoms with E-state index in [1.165, 1.54) is 7.11 Å². The minimum atomic E-state index is -0.935. The number of benzene rings is 1. The molecule has 0 spiro atoms. The van der Waals surface area contributed by atoms with Crippen molar-refractivity contribution in [3.05, 3.63) is 35.9 Å². The molecule has 1 aromatic rings. The average Bonchev–Trinajstić information content (AvgIpc) is 2.74. The minimum Gasteiger partial charge on any atom is -0.467 e. The maximum absolute atomic E-state index is 12.9. The van der Waals surface area contributed by atoms with Crippen molar-refractivity contribution in [2.75, 3.05) is 7.11 Å². The number of esters is 1. The van der Waals surface area contributed by atoms with E-state index in [1.54, 1.807) is 13.8 Å². The number of hydrogen-bond donors (Lipinski definition) is 2. The number of rotatable bonds is 8. The van der Waals surface area contributed by atoms with E-state index < -0.39 is 30.1 Å². The van der Waals surface area contributed by atoms with Crippen molar-refractivity contribution in [2.24, 2.45) is 11.8 Å². The lowest BCUT2D eigenvalue weighted by Gasteiger charge is -2.30. The summed E-state index contributed by atoms with van der Waals surface area (Å²) in [5.41, 5.74) is 0.825. The summed E-state index contributed by atoms with van der Waals surface area (Å²) in [5, 5.41) is 5.25. The van der Waals surface area contributed by atoms with Gasteiger partial charge >= 0.3 is 12.1 Å². The standard InChI is InChI=1S/C22H30N2O6/c1-14(2)18(24-22(28)30-13-15-8-5-4-6-9-15)20(26)23-19(21(27)29-3)16-10-7-11-17(25)12-16/h4-6,8-9,14,16,18-19H,7,10-13H2,1-3H3,(H,23,26)(H,24,28)/t16-,18+,19-/m1/s1. The molecular formula is C22H30N2O6. The Morgan fingerprint density at radius 1 is 1.13 bits per heavy atom. The number of carbonyl (C=O) groups excluding carboxylic acids is 4. The van der Waals surface area contributed by atoms with E-state index in [-0.39, 0.29) is 30.6 Å². The van der Waals surface area contributed by atoms with Gasteiger partial charge in [-0.2, -0.15) is 0 Å². The van der Waals surface area contributed by atoms with Gasteiger partial charge in [-0.1, -0.05) is 44.2 Å². The third-order valence-electron chi connectivity index (χ3n) is 5.18. The molecule has 0 aromatic heterocycles. The molecule has 1 fully saturated rings.